The van der Waals surface area contributed by atoms with E-state index in [4.69, 9.17) is 11.6 Å². The predicted octanol–water partition coefficient (Wildman–Crippen LogP) is 2.73. The van der Waals surface area contributed by atoms with Crippen molar-refractivity contribution in [1.29, 1.82) is 0 Å². The Balaban J connectivity index is 2.33. The molecule has 0 bridgehead atoms. The van der Waals surface area contributed by atoms with Crippen molar-refractivity contribution < 1.29 is 0 Å². The van der Waals surface area contributed by atoms with Crippen molar-refractivity contribution in [3.63, 3.8) is 0 Å². The Morgan fingerprint density at radius 3 is 2.82 bits per heavy atom. The Hall–Kier alpha value is -1.62. The highest BCUT2D eigenvalue weighted by Crippen LogP contribution is 2.27. The van der Waals surface area contributed by atoms with Gasteiger partial charge in [0.15, 0.2) is 5.82 Å². The molecule has 2 aromatic heterocycles. The number of aryl methyl sites for hydroxylation is 1. The number of hydrogen-bond acceptors (Lipinski definition) is 4. The number of nitrogens with zero attached hydrogens (tertiary/aromatic N) is 4. The summed E-state index contributed by atoms with van der Waals surface area (Å²) in [7, 11) is 1.89. The van der Waals surface area contributed by atoms with Crippen molar-refractivity contribution in [3.8, 4) is 0 Å². The molecule has 0 atom stereocenters. The number of anilines is 2. The van der Waals surface area contributed by atoms with Crippen LogP contribution in [0.15, 0.2) is 18.7 Å². The van der Waals surface area contributed by atoms with E-state index in [9.17, 15) is 0 Å². The molecule has 0 saturated heterocycles. The summed E-state index contributed by atoms with van der Waals surface area (Å²) in [5.41, 5.74) is 1.91. The van der Waals surface area contributed by atoms with E-state index in [1.807, 2.05) is 13.2 Å². The maximum Gasteiger partial charge on any atom is 0.152 e. The zero-order valence-electron chi connectivity index (χ0n) is 9.98. The molecule has 0 fully saturated rings. The molecule has 0 amide bonds. The van der Waals surface area contributed by atoms with Gasteiger partial charge in [-0.15, -0.1) is 0 Å². The fourth-order valence-corrected chi connectivity index (χ4v) is 1.71. The summed E-state index contributed by atoms with van der Waals surface area (Å²) >= 11 is 6.00. The van der Waals surface area contributed by atoms with E-state index >= 15 is 0 Å². The van der Waals surface area contributed by atoms with Crippen LogP contribution in [-0.2, 0) is 7.05 Å². The first-order valence-corrected chi connectivity index (χ1v) is 5.71. The van der Waals surface area contributed by atoms with E-state index in [0.29, 0.717) is 16.8 Å². The summed E-state index contributed by atoms with van der Waals surface area (Å²) in [6, 6.07) is 0. The topological polar surface area (TPSA) is 55.6 Å². The van der Waals surface area contributed by atoms with Crippen LogP contribution in [0, 0.1) is 0 Å². The Morgan fingerprint density at radius 1 is 1.41 bits per heavy atom. The minimum Gasteiger partial charge on any atom is -0.336 e. The van der Waals surface area contributed by atoms with Gasteiger partial charge >= 0.3 is 0 Å². The SMILES string of the molecule is CC(C)c1nn(C)cc1Nc1ncncc1Cl. The van der Waals surface area contributed by atoms with Crippen molar-refractivity contribution in [2.45, 2.75) is 19.8 Å². The summed E-state index contributed by atoms with van der Waals surface area (Å²) in [4.78, 5) is 7.94. The Morgan fingerprint density at radius 2 is 2.18 bits per heavy atom. The van der Waals surface area contributed by atoms with Gasteiger partial charge in [0.2, 0.25) is 0 Å². The van der Waals surface area contributed by atoms with Gasteiger partial charge in [-0.2, -0.15) is 5.10 Å². The summed E-state index contributed by atoms with van der Waals surface area (Å²) in [6.45, 7) is 4.18. The fourth-order valence-electron chi connectivity index (χ4n) is 1.56. The molecule has 5 nitrogen and oxygen atoms in total. The van der Waals surface area contributed by atoms with Crippen LogP contribution in [0.3, 0.4) is 0 Å². The molecule has 1 N–H and O–H groups in total. The van der Waals surface area contributed by atoms with Crippen LogP contribution in [0.2, 0.25) is 5.02 Å². The van der Waals surface area contributed by atoms with Crippen LogP contribution in [0.1, 0.15) is 25.5 Å². The van der Waals surface area contributed by atoms with Gasteiger partial charge in [0.25, 0.3) is 0 Å². The Labute approximate surface area is 105 Å². The Bertz CT molecular complexity index is 520. The van der Waals surface area contributed by atoms with Crippen LogP contribution in [-0.4, -0.2) is 19.7 Å². The molecule has 2 heterocycles. The second kappa shape index (κ2) is 4.71. The van der Waals surface area contributed by atoms with Crippen LogP contribution in [0.25, 0.3) is 0 Å². The lowest BCUT2D eigenvalue weighted by Gasteiger charge is -2.08. The number of halogens is 1. The van der Waals surface area contributed by atoms with Gasteiger partial charge in [0.1, 0.15) is 11.3 Å². The molecule has 90 valence electrons. The molecule has 0 aliphatic heterocycles. The molecule has 2 rings (SSSR count). The summed E-state index contributed by atoms with van der Waals surface area (Å²) in [5, 5.41) is 8.07. The van der Waals surface area contributed by atoms with Crippen LogP contribution in [0.4, 0.5) is 11.5 Å². The van der Waals surface area contributed by atoms with E-state index in [0.717, 1.165) is 11.4 Å². The summed E-state index contributed by atoms with van der Waals surface area (Å²) in [5.74, 6) is 0.927. The second-order valence-corrected chi connectivity index (χ2v) is 4.51. The Kier molecular flexibility index (Phi) is 3.28. The maximum absolute atomic E-state index is 6.00. The van der Waals surface area contributed by atoms with Gasteiger partial charge in [0, 0.05) is 13.2 Å². The van der Waals surface area contributed by atoms with Crippen molar-refractivity contribution in [1.82, 2.24) is 19.7 Å². The predicted molar refractivity (Wildman–Crippen MR) is 67.6 cm³/mol. The van der Waals surface area contributed by atoms with E-state index < -0.39 is 0 Å². The average molecular weight is 252 g/mol. The molecule has 17 heavy (non-hydrogen) atoms. The lowest BCUT2D eigenvalue weighted by atomic mass is 10.1. The number of nitrogens with one attached hydrogen (secondary N) is 1. The zero-order valence-corrected chi connectivity index (χ0v) is 10.7. The highest BCUT2D eigenvalue weighted by molar-refractivity contribution is 6.32. The fraction of sp³-hybridized carbons (Fsp3) is 0.364. The van der Waals surface area contributed by atoms with Crippen LogP contribution in [0.5, 0.6) is 0 Å². The molecule has 0 aliphatic carbocycles. The standard InChI is InChI=1S/C11H14ClN5/c1-7(2)10-9(5-17(3)16-10)15-11-8(12)4-13-6-14-11/h4-7H,1-3H3,(H,13,14,15). The van der Waals surface area contributed by atoms with E-state index in [1.54, 1.807) is 10.9 Å². The van der Waals surface area contributed by atoms with Crippen LogP contribution < -0.4 is 5.32 Å². The van der Waals surface area contributed by atoms with Gasteiger partial charge < -0.3 is 5.32 Å². The second-order valence-electron chi connectivity index (χ2n) is 4.10. The van der Waals surface area contributed by atoms with Gasteiger partial charge in [-0.1, -0.05) is 25.4 Å². The minimum atomic E-state index is 0.333. The highest BCUT2D eigenvalue weighted by Gasteiger charge is 2.13. The van der Waals surface area contributed by atoms with Crippen molar-refractivity contribution in [3.05, 3.63) is 29.4 Å². The first kappa shape index (κ1) is 11.9. The molecule has 0 unspecified atom stereocenters. The average Bonchev–Trinajstić information content (AvgIpc) is 2.63. The van der Waals surface area contributed by atoms with Crippen molar-refractivity contribution >= 4 is 23.1 Å². The number of hydrogen-bond donors (Lipinski definition) is 1. The molecule has 0 aliphatic rings. The molecule has 0 aromatic carbocycles. The molecular formula is C11H14ClN5. The van der Waals surface area contributed by atoms with Gasteiger partial charge in [-0.05, 0) is 5.92 Å². The lowest BCUT2D eigenvalue weighted by Crippen LogP contribution is -1.98. The van der Waals surface area contributed by atoms with Gasteiger partial charge in [-0.3, -0.25) is 4.68 Å². The quantitative estimate of drug-likeness (QED) is 0.911. The first-order valence-electron chi connectivity index (χ1n) is 5.34. The molecule has 6 heteroatoms. The van der Waals surface area contributed by atoms with E-state index in [1.165, 1.54) is 6.33 Å². The van der Waals surface area contributed by atoms with Gasteiger partial charge in [-0.25, -0.2) is 9.97 Å². The molecular weight excluding hydrogens is 238 g/mol. The van der Waals surface area contributed by atoms with Crippen molar-refractivity contribution in [2.75, 3.05) is 5.32 Å². The smallest absolute Gasteiger partial charge is 0.152 e. The number of rotatable bonds is 3. The third-order valence-corrected chi connectivity index (χ3v) is 2.60. The third kappa shape index (κ3) is 2.55. The third-order valence-electron chi connectivity index (χ3n) is 2.32. The monoisotopic (exact) mass is 251 g/mol. The minimum absolute atomic E-state index is 0.333. The van der Waals surface area contributed by atoms with Gasteiger partial charge in [0.05, 0.1) is 17.6 Å². The summed E-state index contributed by atoms with van der Waals surface area (Å²) in [6.07, 6.45) is 4.93. The highest BCUT2D eigenvalue weighted by atomic mass is 35.5. The van der Waals surface area contributed by atoms with Crippen LogP contribution >= 0.6 is 11.6 Å². The molecule has 0 radical (unpaired) electrons. The maximum atomic E-state index is 6.00. The molecule has 0 spiro atoms. The molecule has 2 aromatic rings. The largest absolute Gasteiger partial charge is 0.336 e. The van der Waals surface area contributed by atoms with Crippen molar-refractivity contribution in [2.24, 2.45) is 7.05 Å². The van der Waals surface area contributed by atoms with E-state index in [-0.39, 0.29) is 0 Å². The summed E-state index contributed by atoms with van der Waals surface area (Å²) < 4.78 is 1.77. The first-order chi connectivity index (χ1) is 8.08. The zero-order chi connectivity index (χ0) is 12.4. The van der Waals surface area contributed by atoms with E-state index in [2.05, 4.69) is 34.2 Å². The normalized spacial score (nSPS) is 10.9. The molecule has 0 saturated carbocycles. The number of aromatic nitrogens is 4. The lowest BCUT2D eigenvalue weighted by molar-refractivity contribution is 0.713.